The number of benzene rings is 1. The Morgan fingerprint density at radius 2 is 2.00 bits per heavy atom. The number of nitrogens with zero attached hydrogens (tertiary/aromatic N) is 1. The van der Waals surface area contributed by atoms with Crippen LogP contribution in [0.2, 0.25) is 0 Å². The molecule has 0 amide bonds. The van der Waals surface area contributed by atoms with Crippen LogP contribution in [0.3, 0.4) is 0 Å². The number of carbonyl (C=O) groups is 1. The van der Waals surface area contributed by atoms with Crippen molar-refractivity contribution in [1.82, 2.24) is 4.90 Å². The summed E-state index contributed by atoms with van der Waals surface area (Å²) in [6.07, 6.45) is 0.614. The van der Waals surface area contributed by atoms with Crippen molar-refractivity contribution >= 4 is 11.5 Å². The number of carboxylic acids is 1. The van der Waals surface area contributed by atoms with Crippen LogP contribution in [0, 0.1) is 0 Å². The zero-order chi connectivity index (χ0) is 16.7. The zero-order valence-electron chi connectivity index (χ0n) is 13.3. The first-order valence-corrected chi connectivity index (χ1v) is 7.67. The van der Waals surface area contributed by atoms with Gasteiger partial charge in [0.05, 0.1) is 13.2 Å². The number of allylic oxidation sites excluding steroid dienone is 1. The van der Waals surface area contributed by atoms with E-state index in [2.05, 4.69) is 4.90 Å². The van der Waals surface area contributed by atoms with Gasteiger partial charge in [-0.2, -0.15) is 0 Å². The number of aliphatic hydroxyl groups is 1. The van der Waals surface area contributed by atoms with E-state index in [9.17, 15) is 9.90 Å². The molecular weight excluding hydrogens is 298 g/mol. The molecule has 1 heterocycles. The minimum Gasteiger partial charge on any atom is -0.491 e. The van der Waals surface area contributed by atoms with Crippen LogP contribution >= 0.6 is 0 Å². The maximum atomic E-state index is 10.7. The third-order valence-electron chi connectivity index (χ3n) is 3.66. The van der Waals surface area contributed by atoms with Crippen LogP contribution in [-0.4, -0.2) is 66.6 Å². The summed E-state index contributed by atoms with van der Waals surface area (Å²) in [4.78, 5) is 12.8. The number of β-amino-alcohol motifs (C(OH)–C–C–N with tert-alkyl or cyclic N) is 1. The highest BCUT2D eigenvalue weighted by Gasteiger charge is 2.15. The van der Waals surface area contributed by atoms with Gasteiger partial charge in [-0.05, 0) is 30.2 Å². The Balaban J connectivity index is 1.80. The maximum absolute atomic E-state index is 10.7. The minimum absolute atomic E-state index is 0.223. The molecule has 6 nitrogen and oxygen atoms in total. The van der Waals surface area contributed by atoms with Crippen LogP contribution in [0.5, 0.6) is 5.75 Å². The van der Waals surface area contributed by atoms with Crippen LogP contribution < -0.4 is 4.74 Å². The fourth-order valence-corrected chi connectivity index (χ4v) is 2.41. The average molecular weight is 321 g/mol. The number of rotatable bonds is 7. The zero-order valence-corrected chi connectivity index (χ0v) is 13.3. The van der Waals surface area contributed by atoms with Gasteiger partial charge in [0.1, 0.15) is 18.5 Å². The SMILES string of the molecule is C/C(=C/C(=O)O)c1ccc(OCC(O)CN2CCOCC2)cc1. The molecule has 6 heteroatoms. The lowest BCUT2D eigenvalue weighted by Gasteiger charge is -2.28. The quantitative estimate of drug-likeness (QED) is 0.736. The second-order valence-corrected chi connectivity index (χ2v) is 5.57. The Kier molecular flexibility index (Phi) is 6.58. The molecule has 0 aromatic heterocycles. The van der Waals surface area contributed by atoms with E-state index in [1.54, 1.807) is 31.2 Å². The van der Waals surface area contributed by atoms with Gasteiger partial charge in [-0.15, -0.1) is 0 Å². The van der Waals surface area contributed by atoms with Gasteiger partial charge < -0.3 is 19.7 Å². The van der Waals surface area contributed by atoms with Gasteiger partial charge in [0.25, 0.3) is 0 Å². The van der Waals surface area contributed by atoms with Crippen LogP contribution in [0.15, 0.2) is 30.3 Å². The number of carboxylic acid groups (broad SMARTS) is 1. The largest absolute Gasteiger partial charge is 0.491 e. The van der Waals surface area contributed by atoms with Crippen molar-refractivity contribution in [2.45, 2.75) is 13.0 Å². The molecule has 1 atom stereocenters. The molecular formula is C17H23NO5. The van der Waals surface area contributed by atoms with Crippen LogP contribution in [0.1, 0.15) is 12.5 Å². The Morgan fingerprint density at radius 3 is 2.61 bits per heavy atom. The summed E-state index contributed by atoms with van der Waals surface area (Å²) in [6.45, 7) is 5.62. The monoisotopic (exact) mass is 321 g/mol. The number of morpholine rings is 1. The van der Waals surface area contributed by atoms with E-state index in [-0.39, 0.29) is 6.61 Å². The summed E-state index contributed by atoms with van der Waals surface area (Å²) in [7, 11) is 0. The van der Waals surface area contributed by atoms with E-state index in [1.807, 2.05) is 0 Å². The Morgan fingerprint density at radius 1 is 1.35 bits per heavy atom. The summed E-state index contributed by atoms with van der Waals surface area (Å²) in [6, 6.07) is 7.16. The molecule has 1 aromatic carbocycles. The molecule has 2 rings (SSSR count). The predicted molar refractivity (Wildman–Crippen MR) is 86.5 cm³/mol. The van der Waals surface area contributed by atoms with Crippen molar-refractivity contribution in [1.29, 1.82) is 0 Å². The van der Waals surface area contributed by atoms with E-state index in [1.165, 1.54) is 6.08 Å². The summed E-state index contributed by atoms with van der Waals surface area (Å²) in [5.74, 6) is -0.313. The summed E-state index contributed by atoms with van der Waals surface area (Å²) >= 11 is 0. The van der Waals surface area contributed by atoms with E-state index < -0.39 is 12.1 Å². The van der Waals surface area contributed by atoms with Crippen molar-refractivity contribution in [3.05, 3.63) is 35.9 Å². The first kappa shape index (κ1) is 17.5. The third-order valence-corrected chi connectivity index (χ3v) is 3.66. The maximum Gasteiger partial charge on any atom is 0.328 e. The second kappa shape index (κ2) is 8.67. The molecule has 1 aliphatic heterocycles. The molecule has 1 fully saturated rings. The highest BCUT2D eigenvalue weighted by Crippen LogP contribution is 2.18. The van der Waals surface area contributed by atoms with Gasteiger partial charge in [-0.25, -0.2) is 4.79 Å². The van der Waals surface area contributed by atoms with Crippen molar-refractivity contribution in [2.24, 2.45) is 0 Å². The van der Waals surface area contributed by atoms with Gasteiger partial charge in [-0.1, -0.05) is 12.1 Å². The number of aliphatic carboxylic acids is 1. The molecule has 1 saturated heterocycles. The molecule has 0 spiro atoms. The third kappa shape index (κ3) is 6.02. The molecule has 2 N–H and O–H groups in total. The fourth-order valence-electron chi connectivity index (χ4n) is 2.41. The van der Waals surface area contributed by atoms with E-state index in [4.69, 9.17) is 14.6 Å². The molecule has 0 radical (unpaired) electrons. The Hall–Kier alpha value is -1.89. The molecule has 1 aromatic rings. The van der Waals surface area contributed by atoms with Crippen molar-refractivity contribution in [2.75, 3.05) is 39.5 Å². The normalized spacial score (nSPS) is 17.7. The second-order valence-electron chi connectivity index (χ2n) is 5.57. The highest BCUT2D eigenvalue weighted by molar-refractivity contribution is 5.89. The van der Waals surface area contributed by atoms with Crippen molar-refractivity contribution < 1.29 is 24.5 Å². The molecule has 0 aliphatic carbocycles. The van der Waals surface area contributed by atoms with E-state index >= 15 is 0 Å². The molecule has 1 unspecified atom stereocenters. The first-order chi connectivity index (χ1) is 11.0. The Bertz CT molecular complexity index is 534. The lowest BCUT2D eigenvalue weighted by molar-refractivity contribution is -0.131. The standard InChI is InChI=1S/C17H23NO5/c1-13(10-17(20)21)14-2-4-16(5-3-14)23-12-15(19)11-18-6-8-22-9-7-18/h2-5,10,15,19H,6-9,11-12H2,1H3,(H,20,21)/b13-10-. The number of aliphatic hydroxyl groups excluding tert-OH is 1. The molecule has 0 saturated carbocycles. The van der Waals surface area contributed by atoms with Crippen molar-refractivity contribution in [3.8, 4) is 5.75 Å². The number of ether oxygens (including phenoxy) is 2. The van der Waals surface area contributed by atoms with Gasteiger partial charge in [0.2, 0.25) is 0 Å². The smallest absolute Gasteiger partial charge is 0.328 e. The summed E-state index contributed by atoms with van der Waals surface area (Å²) in [5, 5.41) is 18.8. The number of hydrogen-bond donors (Lipinski definition) is 2. The minimum atomic E-state index is -0.964. The van der Waals surface area contributed by atoms with Crippen LogP contribution in [0.25, 0.3) is 5.57 Å². The van der Waals surface area contributed by atoms with Crippen molar-refractivity contribution in [3.63, 3.8) is 0 Å². The molecule has 23 heavy (non-hydrogen) atoms. The van der Waals surface area contributed by atoms with Gasteiger partial charge >= 0.3 is 5.97 Å². The fraction of sp³-hybridized carbons (Fsp3) is 0.471. The lowest BCUT2D eigenvalue weighted by Crippen LogP contribution is -2.42. The predicted octanol–water partition coefficient (Wildman–Crippen LogP) is 1.25. The van der Waals surface area contributed by atoms with Gasteiger partial charge in [0, 0.05) is 25.7 Å². The lowest BCUT2D eigenvalue weighted by atomic mass is 10.1. The van der Waals surface area contributed by atoms with Gasteiger partial charge in [-0.3, -0.25) is 4.90 Å². The Labute approximate surface area is 135 Å². The molecule has 0 bridgehead atoms. The molecule has 126 valence electrons. The topological polar surface area (TPSA) is 79.2 Å². The van der Waals surface area contributed by atoms with Crippen LogP contribution in [0.4, 0.5) is 0 Å². The average Bonchev–Trinajstić information content (AvgIpc) is 2.54. The van der Waals surface area contributed by atoms with E-state index in [0.29, 0.717) is 31.1 Å². The van der Waals surface area contributed by atoms with Gasteiger partial charge in [0.15, 0.2) is 0 Å². The highest BCUT2D eigenvalue weighted by atomic mass is 16.5. The summed E-state index contributed by atoms with van der Waals surface area (Å²) < 4.78 is 10.9. The van der Waals surface area contributed by atoms with E-state index in [0.717, 1.165) is 18.7 Å². The summed E-state index contributed by atoms with van der Waals surface area (Å²) in [5.41, 5.74) is 1.50. The van der Waals surface area contributed by atoms with Crippen LogP contribution in [-0.2, 0) is 9.53 Å². The first-order valence-electron chi connectivity index (χ1n) is 7.67. The number of hydrogen-bond acceptors (Lipinski definition) is 5. The molecule has 1 aliphatic rings.